The molecule has 1 N–H and O–H groups in total. The third kappa shape index (κ3) is 3.68. The molecule has 0 bridgehead atoms. The van der Waals surface area contributed by atoms with E-state index in [1.165, 1.54) is 40.6 Å². The molecule has 0 saturated carbocycles. The molecule has 0 saturated heterocycles. The smallest absolute Gasteiger partial charge is 0.0485 e. The standard InChI is InChI=1S/C19H30N2/c1-6-10-20-13-17-7-8-19-18(12-17)15(4)16(5)21(19)11-9-14(2)3/h7-8,12,14,20H,6,9-11,13H2,1-5H3. The number of rotatable bonds is 7. The fraction of sp³-hybridized carbons (Fsp3) is 0.579. The normalized spacial score (nSPS) is 11.7. The van der Waals surface area contributed by atoms with Crippen LogP contribution in [0.15, 0.2) is 18.2 Å². The maximum atomic E-state index is 3.49. The average molecular weight is 286 g/mol. The van der Waals surface area contributed by atoms with Gasteiger partial charge in [-0.05, 0) is 62.4 Å². The summed E-state index contributed by atoms with van der Waals surface area (Å²) in [6, 6.07) is 6.95. The summed E-state index contributed by atoms with van der Waals surface area (Å²) in [5.41, 5.74) is 5.64. The zero-order chi connectivity index (χ0) is 15.4. The van der Waals surface area contributed by atoms with Crippen LogP contribution in [0.2, 0.25) is 0 Å². The number of aryl methyl sites for hydroxylation is 2. The first-order valence-corrected chi connectivity index (χ1v) is 8.33. The van der Waals surface area contributed by atoms with Gasteiger partial charge in [-0.15, -0.1) is 0 Å². The van der Waals surface area contributed by atoms with Crippen molar-refractivity contribution in [2.75, 3.05) is 6.54 Å². The Labute approximate surface area is 129 Å². The summed E-state index contributed by atoms with van der Waals surface area (Å²) in [5, 5.41) is 4.91. The third-order valence-corrected chi connectivity index (χ3v) is 4.39. The van der Waals surface area contributed by atoms with Gasteiger partial charge in [-0.25, -0.2) is 0 Å². The summed E-state index contributed by atoms with van der Waals surface area (Å²) >= 11 is 0. The van der Waals surface area contributed by atoms with Crippen molar-refractivity contribution < 1.29 is 0 Å². The molecule has 0 atom stereocenters. The molecule has 0 radical (unpaired) electrons. The summed E-state index contributed by atoms with van der Waals surface area (Å²) in [7, 11) is 0. The number of benzene rings is 1. The zero-order valence-corrected chi connectivity index (χ0v) is 14.3. The van der Waals surface area contributed by atoms with Gasteiger partial charge in [-0.1, -0.05) is 26.8 Å². The highest BCUT2D eigenvalue weighted by Gasteiger charge is 2.11. The van der Waals surface area contributed by atoms with Gasteiger partial charge in [0.25, 0.3) is 0 Å². The van der Waals surface area contributed by atoms with Crippen molar-refractivity contribution in [3.8, 4) is 0 Å². The maximum absolute atomic E-state index is 3.49. The Morgan fingerprint density at radius 1 is 1.19 bits per heavy atom. The molecule has 1 aromatic carbocycles. The van der Waals surface area contributed by atoms with Gasteiger partial charge in [0.05, 0.1) is 0 Å². The van der Waals surface area contributed by atoms with Gasteiger partial charge in [0.1, 0.15) is 0 Å². The Kier molecular flexibility index (Phi) is 5.46. The summed E-state index contributed by atoms with van der Waals surface area (Å²) in [4.78, 5) is 0. The molecule has 2 aromatic rings. The molecule has 1 heterocycles. The van der Waals surface area contributed by atoms with Gasteiger partial charge < -0.3 is 9.88 Å². The lowest BCUT2D eigenvalue weighted by atomic mass is 10.1. The minimum Gasteiger partial charge on any atom is -0.345 e. The van der Waals surface area contributed by atoms with E-state index in [1.807, 2.05) is 0 Å². The van der Waals surface area contributed by atoms with Crippen molar-refractivity contribution in [2.24, 2.45) is 5.92 Å². The molecule has 0 aliphatic heterocycles. The molecular weight excluding hydrogens is 256 g/mol. The van der Waals surface area contributed by atoms with Crippen LogP contribution in [0.1, 0.15) is 50.4 Å². The zero-order valence-electron chi connectivity index (χ0n) is 14.3. The molecule has 2 rings (SSSR count). The Balaban J connectivity index is 2.29. The number of nitrogens with zero attached hydrogens (tertiary/aromatic N) is 1. The minimum absolute atomic E-state index is 0.750. The molecule has 2 nitrogen and oxygen atoms in total. The highest BCUT2D eigenvalue weighted by atomic mass is 15.0. The number of aromatic nitrogens is 1. The number of nitrogens with one attached hydrogen (secondary N) is 1. The van der Waals surface area contributed by atoms with Gasteiger partial charge in [-0.2, -0.15) is 0 Å². The molecule has 0 spiro atoms. The van der Waals surface area contributed by atoms with E-state index in [2.05, 4.69) is 62.7 Å². The lowest BCUT2D eigenvalue weighted by Crippen LogP contribution is -2.13. The largest absolute Gasteiger partial charge is 0.345 e. The van der Waals surface area contributed by atoms with Crippen molar-refractivity contribution in [1.82, 2.24) is 9.88 Å². The predicted octanol–water partition coefficient (Wildman–Crippen LogP) is 4.80. The molecule has 0 amide bonds. The van der Waals surface area contributed by atoms with Gasteiger partial charge in [0.15, 0.2) is 0 Å². The summed E-state index contributed by atoms with van der Waals surface area (Å²) in [6.07, 6.45) is 2.43. The minimum atomic E-state index is 0.750. The Morgan fingerprint density at radius 2 is 1.95 bits per heavy atom. The van der Waals surface area contributed by atoms with Gasteiger partial charge in [0.2, 0.25) is 0 Å². The summed E-state index contributed by atoms with van der Waals surface area (Å²) in [6.45, 7) is 14.5. The van der Waals surface area contributed by atoms with Crippen LogP contribution in [0.3, 0.4) is 0 Å². The van der Waals surface area contributed by atoms with Crippen molar-refractivity contribution in [2.45, 2.75) is 60.5 Å². The number of fused-ring (bicyclic) bond motifs is 1. The van der Waals surface area contributed by atoms with E-state index in [0.717, 1.165) is 25.6 Å². The molecule has 21 heavy (non-hydrogen) atoms. The SMILES string of the molecule is CCCNCc1ccc2c(c1)c(C)c(C)n2CCC(C)C. The summed E-state index contributed by atoms with van der Waals surface area (Å²) in [5.74, 6) is 0.750. The van der Waals surface area contributed by atoms with E-state index in [0.29, 0.717) is 0 Å². The quantitative estimate of drug-likeness (QED) is 0.723. The van der Waals surface area contributed by atoms with Crippen molar-refractivity contribution in [3.63, 3.8) is 0 Å². The molecule has 0 unspecified atom stereocenters. The van der Waals surface area contributed by atoms with Gasteiger partial charge >= 0.3 is 0 Å². The number of hydrogen-bond donors (Lipinski definition) is 1. The monoisotopic (exact) mass is 286 g/mol. The highest BCUT2D eigenvalue weighted by molar-refractivity contribution is 5.86. The van der Waals surface area contributed by atoms with Crippen LogP contribution in [-0.2, 0) is 13.1 Å². The van der Waals surface area contributed by atoms with Gasteiger partial charge in [-0.3, -0.25) is 0 Å². The van der Waals surface area contributed by atoms with Crippen LogP contribution in [0.4, 0.5) is 0 Å². The highest BCUT2D eigenvalue weighted by Crippen LogP contribution is 2.27. The van der Waals surface area contributed by atoms with Crippen molar-refractivity contribution in [3.05, 3.63) is 35.0 Å². The van der Waals surface area contributed by atoms with E-state index in [1.54, 1.807) is 0 Å². The second-order valence-electron chi connectivity index (χ2n) is 6.57. The molecule has 2 heteroatoms. The van der Waals surface area contributed by atoms with Crippen LogP contribution in [0.5, 0.6) is 0 Å². The van der Waals surface area contributed by atoms with Crippen LogP contribution in [-0.4, -0.2) is 11.1 Å². The number of hydrogen-bond acceptors (Lipinski definition) is 1. The van der Waals surface area contributed by atoms with E-state index in [4.69, 9.17) is 0 Å². The van der Waals surface area contributed by atoms with Crippen LogP contribution in [0.25, 0.3) is 10.9 Å². The topological polar surface area (TPSA) is 17.0 Å². The fourth-order valence-electron chi connectivity index (χ4n) is 2.89. The average Bonchev–Trinajstić information content (AvgIpc) is 2.69. The molecule has 0 fully saturated rings. The Morgan fingerprint density at radius 3 is 2.62 bits per heavy atom. The second kappa shape index (κ2) is 7.13. The molecular formula is C19H30N2. The van der Waals surface area contributed by atoms with Crippen LogP contribution in [0, 0.1) is 19.8 Å². The van der Waals surface area contributed by atoms with E-state index >= 15 is 0 Å². The van der Waals surface area contributed by atoms with Crippen LogP contribution < -0.4 is 5.32 Å². The summed E-state index contributed by atoms with van der Waals surface area (Å²) < 4.78 is 2.49. The first-order valence-electron chi connectivity index (χ1n) is 8.33. The van der Waals surface area contributed by atoms with Crippen molar-refractivity contribution in [1.29, 1.82) is 0 Å². The lowest BCUT2D eigenvalue weighted by Gasteiger charge is -2.11. The van der Waals surface area contributed by atoms with E-state index < -0.39 is 0 Å². The Hall–Kier alpha value is -1.28. The molecule has 116 valence electrons. The first-order chi connectivity index (χ1) is 10.0. The van der Waals surface area contributed by atoms with Crippen LogP contribution >= 0.6 is 0 Å². The third-order valence-electron chi connectivity index (χ3n) is 4.39. The predicted molar refractivity (Wildman–Crippen MR) is 92.9 cm³/mol. The van der Waals surface area contributed by atoms with Crippen molar-refractivity contribution >= 4 is 10.9 Å². The van der Waals surface area contributed by atoms with E-state index in [-0.39, 0.29) is 0 Å². The van der Waals surface area contributed by atoms with E-state index in [9.17, 15) is 0 Å². The van der Waals surface area contributed by atoms with Gasteiger partial charge in [0, 0.05) is 29.7 Å². The molecule has 0 aliphatic rings. The maximum Gasteiger partial charge on any atom is 0.0485 e. The molecule has 0 aliphatic carbocycles. The Bertz CT molecular complexity index is 593. The first kappa shape index (κ1) is 16.1. The molecule has 1 aromatic heterocycles. The lowest BCUT2D eigenvalue weighted by molar-refractivity contribution is 0.519. The second-order valence-corrected chi connectivity index (χ2v) is 6.57. The fourth-order valence-corrected chi connectivity index (χ4v) is 2.89.